The first-order chi connectivity index (χ1) is 14.9. The van der Waals surface area contributed by atoms with Crippen molar-refractivity contribution in [2.75, 3.05) is 17.6 Å². The number of benzene rings is 1. The molecule has 6 nitrogen and oxygen atoms in total. The van der Waals surface area contributed by atoms with Crippen molar-refractivity contribution in [3.63, 3.8) is 0 Å². The quantitative estimate of drug-likeness (QED) is 0.464. The molecule has 1 fully saturated rings. The van der Waals surface area contributed by atoms with Gasteiger partial charge < -0.3 is 15.2 Å². The minimum absolute atomic E-state index is 0.160. The van der Waals surface area contributed by atoms with Gasteiger partial charge in [0.05, 0.1) is 24.4 Å². The number of carbonyl (C=O) groups excluding carboxylic acids is 1. The van der Waals surface area contributed by atoms with Crippen molar-refractivity contribution in [3.05, 3.63) is 35.7 Å². The molecule has 2 N–H and O–H groups in total. The fourth-order valence-electron chi connectivity index (χ4n) is 3.55. The number of alkyl halides is 3. The Morgan fingerprint density at radius 3 is 2.74 bits per heavy atom. The second-order valence-corrected chi connectivity index (χ2v) is 8.20. The smallest absolute Gasteiger partial charge is 0.378 e. The largest absolute Gasteiger partial charge is 0.416 e. The van der Waals surface area contributed by atoms with Crippen LogP contribution in [0.5, 0.6) is 0 Å². The Kier molecular flexibility index (Phi) is 7.85. The van der Waals surface area contributed by atoms with E-state index in [-0.39, 0.29) is 30.8 Å². The predicted octanol–water partition coefficient (Wildman–Crippen LogP) is 4.26. The maximum atomic E-state index is 13.0. The number of amides is 1. The van der Waals surface area contributed by atoms with Crippen LogP contribution in [0.1, 0.15) is 49.5 Å². The monoisotopic (exact) mass is 451 g/mol. The van der Waals surface area contributed by atoms with Crippen molar-refractivity contribution < 1.29 is 18.0 Å². The van der Waals surface area contributed by atoms with Crippen LogP contribution < -0.4 is 10.6 Å². The minimum Gasteiger partial charge on any atom is -0.378 e. The number of carbonyl (C=O) groups is 1. The Balaban J connectivity index is 1.74. The first kappa shape index (κ1) is 23.0. The number of rotatable bonds is 8. The van der Waals surface area contributed by atoms with E-state index in [2.05, 4.69) is 26.8 Å². The Bertz CT molecular complexity index is 932. The molecule has 3 rings (SSSR count). The van der Waals surface area contributed by atoms with Gasteiger partial charge in [0.15, 0.2) is 11.0 Å². The van der Waals surface area contributed by atoms with Gasteiger partial charge >= 0.3 is 6.18 Å². The highest BCUT2D eigenvalue weighted by atomic mass is 32.2. The van der Waals surface area contributed by atoms with Crippen molar-refractivity contribution in [3.8, 4) is 12.3 Å². The van der Waals surface area contributed by atoms with Gasteiger partial charge in [0.2, 0.25) is 5.91 Å². The molecule has 166 valence electrons. The molecule has 0 unspecified atom stereocenters. The van der Waals surface area contributed by atoms with Crippen LogP contribution in [0.3, 0.4) is 0 Å². The van der Waals surface area contributed by atoms with Crippen molar-refractivity contribution >= 4 is 23.4 Å². The molecule has 10 heteroatoms. The summed E-state index contributed by atoms with van der Waals surface area (Å²) in [6, 6.07) is 5.27. The Hall–Kier alpha value is -2.67. The van der Waals surface area contributed by atoms with Crippen molar-refractivity contribution in [1.82, 2.24) is 20.1 Å². The molecular formula is C21H24F3N5OS. The first-order valence-electron chi connectivity index (χ1n) is 10.1. The van der Waals surface area contributed by atoms with Crippen LogP contribution in [-0.4, -0.2) is 33.0 Å². The van der Waals surface area contributed by atoms with Gasteiger partial charge in [0.1, 0.15) is 0 Å². The average molecular weight is 452 g/mol. The van der Waals surface area contributed by atoms with Crippen LogP contribution in [0.4, 0.5) is 18.9 Å². The molecule has 0 saturated heterocycles. The second kappa shape index (κ2) is 10.6. The lowest BCUT2D eigenvalue weighted by Crippen LogP contribution is -2.25. The van der Waals surface area contributed by atoms with Crippen LogP contribution in [0.15, 0.2) is 29.4 Å². The van der Waals surface area contributed by atoms with Gasteiger partial charge in [-0.1, -0.05) is 43.0 Å². The third-order valence-electron chi connectivity index (χ3n) is 5.04. The Morgan fingerprint density at radius 1 is 1.26 bits per heavy atom. The summed E-state index contributed by atoms with van der Waals surface area (Å²) in [7, 11) is 0. The molecule has 1 saturated carbocycles. The SMILES string of the molecule is C#CCNC(=O)CSc1nnc(CNc2cccc(C(F)(F)F)c2)n1C1CCCCC1. The summed E-state index contributed by atoms with van der Waals surface area (Å²) in [6.07, 6.45) is 6.07. The predicted molar refractivity (Wildman–Crippen MR) is 113 cm³/mol. The number of hydrogen-bond acceptors (Lipinski definition) is 5. The zero-order valence-electron chi connectivity index (χ0n) is 16.9. The summed E-state index contributed by atoms with van der Waals surface area (Å²) in [4.78, 5) is 11.9. The molecule has 1 aliphatic carbocycles. The van der Waals surface area contributed by atoms with Crippen LogP contribution in [0, 0.1) is 12.3 Å². The van der Waals surface area contributed by atoms with E-state index >= 15 is 0 Å². The normalized spacial score (nSPS) is 14.8. The summed E-state index contributed by atoms with van der Waals surface area (Å²) >= 11 is 1.28. The maximum absolute atomic E-state index is 13.0. The van der Waals surface area contributed by atoms with E-state index in [0.29, 0.717) is 16.7 Å². The summed E-state index contributed by atoms with van der Waals surface area (Å²) in [5.41, 5.74) is -0.351. The van der Waals surface area contributed by atoms with E-state index in [1.807, 2.05) is 4.57 Å². The number of terminal acetylenes is 1. The van der Waals surface area contributed by atoms with Crippen molar-refractivity contribution in [2.45, 2.75) is 56.0 Å². The Morgan fingerprint density at radius 2 is 2.03 bits per heavy atom. The van der Waals surface area contributed by atoms with Gasteiger partial charge in [-0.3, -0.25) is 4.79 Å². The maximum Gasteiger partial charge on any atom is 0.416 e. The molecule has 0 radical (unpaired) electrons. The molecular weight excluding hydrogens is 427 g/mol. The fourth-order valence-corrected chi connectivity index (χ4v) is 4.40. The highest BCUT2D eigenvalue weighted by Gasteiger charge is 2.30. The zero-order valence-corrected chi connectivity index (χ0v) is 17.7. The lowest BCUT2D eigenvalue weighted by molar-refractivity contribution is -0.137. The van der Waals surface area contributed by atoms with Crippen LogP contribution in [0.25, 0.3) is 0 Å². The Labute approximate surface area is 183 Å². The summed E-state index contributed by atoms with van der Waals surface area (Å²) < 4.78 is 40.9. The molecule has 0 atom stereocenters. The van der Waals surface area contributed by atoms with Gasteiger partial charge in [0.25, 0.3) is 0 Å². The average Bonchev–Trinajstić information content (AvgIpc) is 3.18. The molecule has 1 amide bonds. The van der Waals surface area contributed by atoms with E-state index in [9.17, 15) is 18.0 Å². The molecule has 0 spiro atoms. The van der Waals surface area contributed by atoms with Gasteiger partial charge in [-0.15, -0.1) is 16.6 Å². The third-order valence-corrected chi connectivity index (χ3v) is 5.98. The van der Waals surface area contributed by atoms with E-state index in [4.69, 9.17) is 6.42 Å². The number of aromatic nitrogens is 3. The molecule has 1 aromatic carbocycles. The number of halogens is 3. The van der Waals surface area contributed by atoms with E-state index < -0.39 is 11.7 Å². The standard InChI is InChI=1S/C21H24F3N5OS/c1-2-11-25-19(30)14-31-20-28-27-18(29(20)17-9-4-3-5-10-17)13-26-16-8-6-7-15(12-16)21(22,23)24/h1,6-8,12,17,26H,3-5,9-11,13-14H2,(H,25,30). The minimum atomic E-state index is -4.40. The van der Waals surface area contributed by atoms with E-state index in [1.165, 1.54) is 24.2 Å². The van der Waals surface area contributed by atoms with Gasteiger partial charge in [0, 0.05) is 11.7 Å². The molecule has 31 heavy (non-hydrogen) atoms. The first-order valence-corrected chi connectivity index (χ1v) is 11.0. The molecule has 1 aliphatic rings. The van der Waals surface area contributed by atoms with Crippen LogP contribution in [0.2, 0.25) is 0 Å². The number of hydrogen-bond donors (Lipinski definition) is 2. The van der Waals surface area contributed by atoms with Gasteiger partial charge in [-0.25, -0.2) is 0 Å². The molecule has 0 bridgehead atoms. The van der Waals surface area contributed by atoms with Crippen LogP contribution in [-0.2, 0) is 17.5 Å². The van der Waals surface area contributed by atoms with Crippen molar-refractivity contribution in [2.24, 2.45) is 0 Å². The summed E-state index contributed by atoms with van der Waals surface area (Å²) in [5.74, 6) is 2.96. The summed E-state index contributed by atoms with van der Waals surface area (Å²) in [6.45, 7) is 0.398. The third kappa shape index (κ3) is 6.40. The lowest BCUT2D eigenvalue weighted by atomic mass is 9.95. The molecule has 2 aromatic rings. The molecule has 1 heterocycles. The van der Waals surface area contributed by atoms with Crippen molar-refractivity contribution in [1.29, 1.82) is 0 Å². The van der Waals surface area contributed by atoms with Gasteiger partial charge in [-0.05, 0) is 31.0 Å². The van der Waals surface area contributed by atoms with E-state index in [0.717, 1.165) is 37.8 Å². The molecule has 0 aliphatic heterocycles. The fraction of sp³-hybridized carbons (Fsp3) is 0.476. The zero-order chi connectivity index (χ0) is 22.3. The number of nitrogens with one attached hydrogen (secondary N) is 2. The topological polar surface area (TPSA) is 71.8 Å². The number of anilines is 1. The highest BCUT2D eigenvalue weighted by Crippen LogP contribution is 2.33. The molecule has 1 aromatic heterocycles. The summed E-state index contributed by atoms with van der Waals surface area (Å²) in [5, 5.41) is 14.8. The number of nitrogens with zero attached hydrogens (tertiary/aromatic N) is 3. The lowest BCUT2D eigenvalue weighted by Gasteiger charge is -2.25. The van der Waals surface area contributed by atoms with Gasteiger partial charge in [-0.2, -0.15) is 13.2 Å². The second-order valence-electron chi connectivity index (χ2n) is 7.26. The highest BCUT2D eigenvalue weighted by molar-refractivity contribution is 7.99. The van der Waals surface area contributed by atoms with Crippen LogP contribution >= 0.6 is 11.8 Å². The number of thioether (sulfide) groups is 1. The van der Waals surface area contributed by atoms with E-state index in [1.54, 1.807) is 6.07 Å².